The van der Waals surface area contributed by atoms with Crippen molar-refractivity contribution in [1.29, 1.82) is 0 Å². The molecule has 146 valence electrons. The molecule has 4 nitrogen and oxygen atoms in total. The lowest BCUT2D eigenvalue weighted by atomic mass is 9.90. The number of amidine groups is 1. The van der Waals surface area contributed by atoms with E-state index in [1.54, 1.807) is 24.3 Å². The molecule has 6 heteroatoms. The van der Waals surface area contributed by atoms with Crippen molar-refractivity contribution in [3.05, 3.63) is 76.3 Å². The van der Waals surface area contributed by atoms with E-state index in [9.17, 15) is 8.42 Å². The standard InChI is InChI=1S/C22H23ClN2O2S/c1-16-21(19-7-9-20(23)10-8-19)28(26,27)24-22(16)25-13-11-18(12-14-25)15-17-5-3-2-4-6-17/h2-10,18H,11-15H2,1H3. The summed E-state index contributed by atoms with van der Waals surface area (Å²) in [5, 5.41) is 0.582. The van der Waals surface area contributed by atoms with Crippen molar-refractivity contribution in [2.75, 3.05) is 13.1 Å². The van der Waals surface area contributed by atoms with E-state index < -0.39 is 10.0 Å². The molecule has 1 saturated heterocycles. The molecule has 1 fully saturated rings. The second-order valence-electron chi connectivity index (χ2n) is 7.47. The van der Waals surface area contributed by atoms with Crippen LogP contribution in [0.4, 0.5) is 0 Å². The molecule has 2 aliphatic rings. The van der Waals surface area contributed by atoms with Crippen molar-refractivity contribution in [2.24, 2.45) is 10.3 Å². The Balaban J connectivity index is 1.50. The maximum Gasteiger partial charge on any atom is 0.285 e. The topological polar surface area (TPSA) is 49.7 Å². The Hall–Kier alpha value is -2.11. The van der Waals surface area contributed by atoms with Gasteiger partial charge in [-0.25, -0.2) is 0 Å². The molecule has 4 rings (SSSR count). The molecule has 0 radical (unpaired) electrons. The third kappa shape index (κ3) is 3.87. The molecule has 0 amide bonds. The van der Waals surface area contributed by atoms with E-state index in [2.05, 4.69) is 33.6 Å². The van der Waals surface area contributed by atoms with E-state index in [1.807, 2.05) is 13.0 Å². The minimum atomic E-state index is -3.68. The van der Waals surface area contributed by atoms with Gasteiger partial charge in [0.2, 0.25) is 0 Å². The summed E-state index contributed by atoms with van der Waals surface area (Å²) in [4.78, 5) is 2.42. The largest absolute Gasteiger partial charge is 0.356 e. The van der Waals surface area contributed by atoms with Gasteiger partial charge in [0.25, 0.3) is 10.0 Å². The Morgan fingerprint density at radius 2 is 1.68 bits per heavy atom. The van der Waals surface area contributed by atoms with Gasteiger partial charge in [-0.3, -0.25) is 0 Å². The maximum atomic E-state index is 12.7. The normalized spacial score (nSPS) is 19.8. The van der Waals surface area contributed by atoms with E-state index in [1.165, 1.54) is 5.56 Å². The van der Waals surface area contributed by atoms with Gasteiger partial charge in [0.1, 0.15) is 10.7 Å². The predicted molar refractivity (Wildman–Crippen MR) is 115 cm³/mol. The van der Waals surface area contributed by atoms with Gasteiger partial charge in [-0.1, -0.05) is 54.1 Å². The minimum Gasteiger partial charge on any atom is -0.356 e. The molecular weight excluding hydrogens is 392 g/mol. The average molecular weight is 415 g/mol. The van der Waals surface area contributed by atoms with Crippen LogP contribution >= 0.6 is 11.6 Å². The molecule has 0 aromatic heterocycles. The summed E-state index contributed by atoms with van der Waals surface area (Å²) < 4.78 is 29.5. The minimum absolute atomic E-state index is 0.297. The Morgan fingerprint density at radius 3 is 2.32 bits per heavy atom. The molecule has 0 saturated carbocycles. The van der Waals surface area contributed by atoms with Crippen LogP contribution in [0.1, 0.15) is 30.9 Å². The number of benzene rings is 2. The number of piperidine rings is 1. The second-order valence-corrected chi connectivity index (χ2v) is 9.45. The van der Waals surface area contributed by atoms with Gasteiger partial charge < -0.3 is 4.90 Å². The lowest BCUT2D eigenvalue weighted by Crippen LogP contribution is -2.39. The van der Waals surface area contributed by atoms with Gasteiger partial charge in [0.05, 0.1) is 0 Å². The predicted octanol–water partition coefficient (Wildman–Crippen LogP) is 4.77. The van der Waals surface area contributed by atoms with Crippen LogP contribution < -0.4 is 0 Å². The highest BCUT2D eigenvalue weighted by molar-refractivity contribution is 8.00. The van der Waals surface area contributed by atoms with Crippen LogP contribution in [0, 0.1) is 5.92 Å². The summed E-state index contributed by atoms with van der Waals surface area (Å²) in [5.74, 6) is 1.22. The molecule has 2 heterocycles. The lowest BCUT2D eigenvalue weighted by Gasteiger charge is -2.33. The van der Waals surface area contributed by atoms with Crippen LogP contribution in [0.5, 0.6) is 0 Å². The fourth-order valence-corrected chi connectivity index (χ4v) is 5.69. The van der Waals surface area contributed by atoms with Crippen molar-refractivity contribution in [1.82, 2.24) is 4.90 Å². The highest BCUT2D eigenvalue weighted by atomic mass is 35.5. The monoisotopic (exact) mass is 414 g/mol. The van der Waals surface area contributed by atoms with Crippen molar-refractivity contribution in [2.45, 2.75) is 26.2 Å². The summed E-state index contributed by atoms with van der Waals surface area (Å²) in [5.41, 5.74) is 2.73. The number of halogens is 1. The summed E-state index contributed by atoms with van der Waals surface area (Å²) in [6.45, 7) is 3.51. The second kappa shape index (κ2) is 7.72. The number of hydrogen-bond donors (Lipinski definition) is 0. The van der Waals surface area contributed by atoms with Crippen LogP contribution in [-0.2, 0) is 16.4 Å². The van der Waals surface area contributed by atoms with Crippen LogP contribution in [0.2, 0.25) is 5.02 Å². The quantitative estimate of drug-likeness (QED) is 0.727. The van der Waals surface area contributed by atoms with Crippen molar-refractivity contribution in [3.63, 3.8) is 0 Å². The number of likely N-dealkylation sites (tertiary alicyclic amines) is 1. The van der Waals surface area contributed by atoms with Crippen LogP contribution in [0.15, 0.2) is 64.6 Å². The molecule has 2 aromatic rings. The van der Waals surface area contributed by atoms with Crippen molar-refractivity contribution < 1.29 is 8.42 Å². The SMILES string of the molecule is CC1=C(c2ccc(Cl)cc2)S(=O)(=O)N=C1N1CCC(Cc2ccccc2)CC1. The first-order valence-corrected chi connectivity index (χ1v) is 11.4. The third-order valence-corrected chi connectivity index (χ3v) is 7.25. The van der Waals surface area contributed by atoms with Gasteiger partial charge in [0, 0.05) is 23.7 Å². The number of nitrogens with zero attached hydrogens (tertiary/aromatic N) is 2. The molecular formula is C22H23ClN2O2S. The molecule has 0 unspecified atom stereocenters. The summed E-state index contributed by atoms with van der Waals surface area (Å²) in [7, 11) is -3.68. The highest BCUT2D eigenvalue weighted by Gasteiger charge is 2.34. The van der Waals surface area contributed by atoms with Crippen LogP contribution in [-0.4, -0.2) is 32.2 Å². The third-order valence-electron chi connectivity index (χ3n) is 5.53. The van der Waals surface area contributed by atoms with Crippen molar-refractivity contribution >= 4 is 32.4 Å². The summed E-state index contributed by atoms with van der Waals surface area (Å²) >= 11 is 5.95. The molecule has 2 aromatic carbocycles. The average Bonchev–Trinajstić information content (AvgIpc) is 2.93. The zero-order chi connectivity index (χ0) is 19.7. The van der Waals surface area contributed by atoms with Crippen LogP contribution in [0.3, 0.4) is 0 Å². The van der Waals surface area contributed by atoms with Gasteiger partial charge >= 0.3 is 0 Å². The number of sulfonamides is 1. The zero-order valence-corrected chi connectivity index (χ0v) is 17.4. The van der Waals surface area contributed by atoms with E-state index in [0.29, 0.717) is 27.2 Å². The van der Waals surface area contributed by atoms with Crippen LogP contribution in [0.25, 0.3) is 4.91 Å². The van der Waals surface area contributed by atoms with E-state index in [4.69, 9.17) is 11.6 Å². The van der Waals surface area contributed by atoms with Gasteiger partial charge in [-0.2, -0.15) is 8.42 Å². The fourth-order valence-electron chi connectivity index (χ4n) is 4.08. The molecule has 0 atom stereocenters. The number of rotatable bonds is 3. The summed E-state index contributed by atoms with van der Waals surface area (Å²) in [6.07, 6.45) is 3.15. The molecule has 0 bridgehead atoms. The Labute approximate surface area is 171 Å². The first kappa shape index (κ1) is 19.2. The van der Waals surface area contributed by atoms with E-state index >= 15 is 0 Å². The Kier molecular flexibility index (Phi) is 5.30. The van der Waals surface area contributed by atoms with E-state index in [0.717, 1.165) is 37.9 Å². The molecule has 0 N–H and O–H groups in total. The fraction of sp³-hybridized carbons (Fsp3) is 0.318. The van der Waals surface area contributed by atoms with Gasteiger partial charge in [-0.05, 0) is 55.4 Å². The van der Waals surface area contributed by atoms with Gasteiger partial charge in [-0.15, -0.1) is 4.40 Å². The van der Waals surface area contributed by atoms with Gasteiger partial charge in [0.15, 0.2) is 0 Å². The molecule has 0 spiro atoms. The first-order valence-electron chi connectivity index (χ1n) is 9.55. The van der Waals surface area contributed by atoms with E-state index in [-0.39, 0.29) is 0 Å². The Morgan fingerprint density at radius 1 is 1.04 bits per heavy atom. The highest BCUT2D eigenvalue weighted by Crippen LogP contribution is 2.35. The number of hydrogen-bond acceptors (Lipinski definition) is 3. The maximum absolute atomic E-state index is 12.7. The molecule has 0 aliphatic carbocycles. The Bertz CT molecular complexity index is 1020. The molecule has 2 aliphatic heterocycles. The van der Waals surface area contributed by atoms with Crippen molar-refractivity contribution in [3.8, 4) is 0 Å². The summed E-state index contributed by atoms with van der Waals surface area (Å²) in [6, 6.07) is 17.4. The zero-order valence-electron chi connectivity index (χ0n) is 15.8. The molecule has 28 heavy (non-hydrogen) atoms. The first-order chi connectivity index (χ1) is 13.4. The lowest BCUT2D eigenvalue weighted by molar-refractivity contribution is 0.266. The smallest absolute Gasteiger partial charge is 0.285 e.